The average molecular weight is 345 g/mol. The van der Waals surface area contributed by atoms with E-state index in [2.05, 4.69) is 5.32 Å². The molecule has 0 fully saturated rings. The van der Waals surface area contributed by atoms with E-state index < -0.39 is 23.6 Å². The molecule has 25 heavy (non-hydrogen) atoms. The first-order valence-electron chi connectivity index (χ1n) is 7.13. The van der Waals surface area contributed by atoms with Gasteiger partial charge < -0.3 is 5.32 Å². The lowest BCUT2D eigenvalue weighted by Crippen LogP contribution is -2.42. The van der Waals surface area contributed by atoms with Crippen LogP contribution in [0.5, 0.6) is 0 Å². The fraction of sp³-hybridized carbons (Fsp3) is 0.118. The van der Waals surface area contributed by atoms with E-state index in [1.807, 2.05) is 6.07 Å². The van der Waals surface area contributed by atoms with Gasteiger partial charge in [-0.25, -0.2) is 0 Å². The molecule has 0 radical (unpaired) electrons. The van der Waals surface area contributed by atoms with Gasteiger partial charge in [0.2, 0.25) is 5.91 Å². The van der Waals surface area contributed by atoms with Crippen molar-refractivity contribution in [1.29, 1.82) is 5.26 Å². The number of halogens is 3. The molecule has 1 N–H and O–H groups in total. The number of fused-ring (bicyclic) bond motifs is 1. The molecule has 0 saturated carbocycles. The fourth-order valence-corrected chi connectivity index (χ4v) is 2.53. The molecule has 3 rings (SSSR count). The summed E-state index contributed by atoms with van der Waals surface area (Å²) in [6.45, 7) is -0.325. The largest absolute Gasteiger partial charge is 0.416 e. The number of rotatable bonds is 1. The van der Waals surface area contributed by atoms with Crippen LogP contribution in [0.3, 0.4) is 0 Å². The molecule has 5 nitrogen and oxygen atoms in total. The Kier molecular flexibility index (Phi) is 3.93. The predicted octanol–water partition coefficient (Wildman–Crippen LogP) is 3.18. The van der Waals surface area contributed by atoms with Crippen molar-refractivity contribution < 1.29 is 22.8 Å². The molecule has 8 heteroatoms. The minimum atomic E-state index is -4.56. The smallest absolute Gasteiger partial charge is 0.323 e. The van der Waals surface area contributed by atoms with Crippen molar-refractivity contribution in [3.05, 3.63) is 59.2 Å². The maximum absolute atomic E-state index is 12.8. The summed E-state index contributed by atoms with van der Waals surface area (Å²) in [7, 11) is 0. The zero-order chi connectivity index (χ0) is 18.2. The van der Waals surface area contributed by atoms with Crippen molar-refractivity contribution in [2.45, 2.75) is 6.18 Å². The highest BCUT2D eigenvalue weighted by molar-refractivity contribution is 6.15. The van der Waals surface area contributed by atoms with Gasteiger partial charge >= 0.3 is 6.18 Å². The number of nitriles is 1. The summed E-state index contributed by atoms with van der Waals surface area (Å²) < 4.78 is 38.5. The van der Waals surface area contributed by atoms with E-state index in [0.717, 1.165) is 23.1 Å². The van der Waals surface area contributed by atoms with Crippen LogP contribution < -0.4 is 10.2 Å². The van der Waals surface area contributed by atoms with Crippen molar-refractivity contribution in [1.82, 2.24) is 0 Å². The predicted molar refractivity (Wildman–Crippen MR) is 82.9 cm³/mol. The van der Waals surface area contributed by atoms with Crippen LogP contribution in [0.4, 0.5) is 24.5 Å². The summed E-state index contributed by atoms with van der Waals surface area (Å²) in [4.78, 5) is 25.6. The lowest BCUT2D eigenvalue weighted by molar-refractivity contribution is -0.137. The number of hydrogen-bond donors (Lipinski definition) is 1. The summed E-state index contributed by atoms with van der Waals surface area (Å²) in [5.74, 6) is -1.18. The average Bonchev–Trinajstić information content (AvgIpc) is 2.59. The third kappa shape index (κ3) is 3.17. The molecular weight excluding hydrogens is 335 g/mol. The van der Waals surface area contributed by atoms with Gasteiger partial charge in [0.05, 0.1) is 28.6 Å². The number of amides is 2. The van der Waals surface area contributed by atoms with E-state index in [1.54, 1.807) is 0 Å². The number of hydrogen-bond acceptors (Lipinski definition) is 3. The van der Waals surface area contributed by atoms with Gasteiger partial charge in [0.15, 0.2) is 0 Å². The van der Waals surface area contributed by atoms with E-state index in [1.165, 1.54) is 24.3 Å². The third-order valence-corrected chi connectivity index (χ3v) is 3.67. The Balaban J connectivity index is 2.03. The second-order valence-corrected chi connectivity index (χ2v) is 5.36. The van der Waals surface area contributed by atoms with Gasteiger partial charge in [0.1, 0.15) is 6.54 Å². The molecule has 1 aliphatic heterocycles. The van der Waals surface area contributed by atoms with Crippen molar-refractivity contribution in [2.24, 2.45) is 0 Å². The SMILES string of the molecule is N#Cc1cccc(C(=O)N2CC(=O)Nc3cc(C(F)(F)F)ccc32)c1. The summed E-state index contributed by atoms with van der Waals surface area (Å²) in [5, 5.41) is 11.3. The van der Waals surface area contributed by atoms with Crippen LogP contribution in [0, 0.1) is 11.3 Å². The number of carbonyl (C=O) groups excluding carboxylic acids is 2. The van der Waals surface area contributed by atoms with Crippen LogP contribution in [0.25, 0.3) is 0 Å². The van der Waals surface area contributed by atoms with Gasteiger partial charge in [0.25, 0.3) is 5.91 Å². The minimum Gasteiger partial charge on any atom is -0.323 e. The lowest BCUT2D eigenvalue weighted by atomic mass is 10.1. The monoisotopic (exact) mass is 345 g/mol. The first kappa shape index (κ1) is 16.5. The second-order valence-electron chi connectivity index (χ2n) is 5.36. The van der Waals surface area contributed by atoms with Crippen molar-refractivity contribution >= 4 is 23.2 Å². The van der Waals surface area contributed by atoms with Gasteiger partial charge in [-0.3, -0.25) is 14.5 Å². The molecule has 2 amide bonds. The van der Waals surface area contributed by atoms with Crippen LogP contribution in [0.2, 0.25) is 0 Å². The van der Waals surface area contributed by atoms with Crippen LogP contribution in [0.1, 0.15) is 21.5 Å². The highest BCUT2D eigenvalue weighted by Crippen LogP contribution is 2.37. The summed E-state index contributed by atoms with van der Waals surface area (Å²) >= 11 is 0. The Hall–Kier alpha value is -3.34. The second kappa shape index (κ2) is 5.94. The normalized spacial score (nSPS) is 13.7. The van der Waals surface area contributed by atoms with Crippen molar-refractivity contribution in [3.8, 4) is 6.07 Å². The van der Waals surface area contributed by atoms with Gasteiger partial charge in [-0.15, -0.1) is 0 Å². The molecule has 0 bridgehead atoms. The minimum absolute atomic E-state index is 0.0872. The number of carbonyl (C=O) groups is 2. The molecule has 126 valence electrons. The van der Waals surface area contributed by atoms with Gasteiger partial charge in [0, 0.05) is 5.56 Å². The highest BCUT2D eigenvalue weighted by atomic mass is 19.4. The number of nitrogens with zero attached hydrogens (tertiary/aromatic N) is 2. The van der Waals surface area contributed by atoms with E-state index >= 15 is 0 Å². The molecule has 1 heterocycles. The molecule has 0 spiro atoms. The summed E-state index contributed by atoms with van der Waals surface area (Å²) in [5.41, 5.74) is -0.414. The van der Waals surface area contributed by atoms with Gasteiger partial charge in [-0.2, -0.15) is 18.4 Å². The topological polar surface area (TPSA) is 73.2 Å². The van der Waals surface area contributed by atoms with E-state index in [0.29, 0.717) is 0 Å². The number of nitrogens with one attached hydrogen (secondary N) is 1. The van der Waals surface area contributed by atoms with Crippen LogP contribution in [0.15, 0.2) is 42.5 Å². The molecule has 0 unspecified atom stereocenters. The Labute approximate surface area is 140 Å². The fourth-order valence-electron chi connectivity index (χ4n) is 2.53. The molecule has 0 aromatic heterocycles. The molecule has 2 aromatic carbocycles. The number of anilines is 2. The van der Waals surface area contributed by atoms with Crippen molar-refractivity contribution in [2.75, 3.05) is 16.8 Å². The first-order chi connectivity index (χ1) is 11.8. The Morgan fingerprint density at radius 2 is 1.96 bits per heavy atom. The zero-order valence-corrected chi connectivity index (χ0v) is 12.6. The summed E-state index contributed by atoms with van der Waals surface area (Å²) in [6, 6.07) is 10.6. The number of alkyl halides is 3. The van der Waals surface area contributed by atoms with Crippen LogP contribution >= 0.6 is 0 Å². The van der Waals surface area contributed by atoms with E-state index in [9.17, 15) is 22.8 Å². The van der Waals surface area contributed by atoms with Crippen molar-refractivity contribution in [3.63, 3.8) is 0 Å². The van der Waals surface area contributed by atoms with E-state index in [4.69, 9.17) is 5.26 Å². The maximum Gasteiger partial charge on any atom is 0.416 e. The molecule has 2 aromatic rings. The lowest BCUT2D eigenvalue weighted by Gasteiger charge is -2.29. The molecule has 1 aliphatic rings. The number of benzene rings is 2. The standard InChI is InChI=1S/C17H10F3N3O2/c18-17(19,20)12-4-5-14-13(7-12)22-15(24)9-23(14)16(25)11-3-1-2-10(6-11)8-21/h1-7H,9H2,(H,22,24). The maximum atomic E-state index is 12.8. The molecule has 0 atom stereocenters. The summed E-state index contributed by atoms with van der Waals surface area (Å²) in [6.07, 6.45) is -4.56. The van der Waals surface area contributed by atoms with Gasteiger partial charge in [-0.05, 0) is 36.4 Å². The highest BCUT2D eigenvalue weighted by Gasteiger charge is 2.34. The zero-order valence-electron chi connectivity index (χ0n) is 12.6. The molecule has 0 saturated heterocycles. The van der Waals surface area contributed by atoms with Gasteiger partial charge in [-0.1, -0.05) is 6.07 Å². The Bertz CT molecular complexity index is 916. The first-order valence-corrected chi connectivity index (χ1v) is 7.13. The van der Waals surface area contributed by atoms with Crippen LogP contribution in [-0.4, -0.2) is 18.4 Å². The molecule has 0 aliphatic carbocycles. The third-order valence-electron chi connectivity index (χ3n) is 3.67. The molecular formula is C17H10F3N3O2. The Morgan fingerprint density at radius 3 is 2.64 bits per heavy atom. The van der Waals surface area contributed by atoms with Crippen LogP contribution in [-0.2, 0) is 11.0 Å². The van der Waals surface area contributed by atoms with E-state index in [-0.39, 0.29) is 29.0 Å². The Morgan fingerprint density at radius 1 is 1.20 bits per heavy atom. The quantitative estimate of drug-likeness (QED) is 0.863.